The molecule has 3 aliphatic rings. The van der Waals surface area contributed by atoms with Crippen molar-refractivity contribution in [1.82, 2.24) is 0 Å². The minimum absolute atomic E-state index is 0.0554. The zero-order chi connectivity index (χ0) is 71.5. The lowest BCUT2D eigenvalue weighted by Crippen LogP contribution is -2.32. The van der Waals surface area contributed by atoms with Crippen LogP contribution in [0.15, 0.2) is 195 Å². The van der Waals surface area contributed by atoms with Crippen molar-refractivity contribution in [1.29, 1.82) is 0 Å². The number of aryl methyl sites for hydroxylation is 15. The summed E-state index contributed by atoms with van der Waals surface area (Å²) in [6.45, 7) is 15.5. The van der Waals surface area contributed by atoms with Crippen molar-refractivity contribution in [2.24, 2.45) is 35.2 Å². The Bertz CT molecular complexity index is 4400. The second kappa shape index (κ2) is 32.4. The van der Waals surface area contributed by atoms with Crippen molar-refractivity contribution in [3.63, 3.8) is 0 Å². The predicted molar refractivity (Wildman–Crippen MR) is 386 cm³/mol. The van der Waals surface area contributed by atoms with Gasteiger partial charge in [-0.05, 0) is 211 Å². The summed E-state index contributed by atoms with van der Waals surface area (Å²) >= 11 is 0. The zero-order valence-electron chi connectivity index (χ0n) is 64.9. The second-order valence-electron chi connectivity index (χ2n) is 26.3. The third-order valence-electron chi connectivity index (χ3n) is 19.7. The van der Waals surface area contributed by atoms with Crippen LogP contribution in [0.25, 0.3) is 56.3 Å². The first kappa shape index (κ1) is 58.9. The molecular weight excluding hydrogens is 1110 g/mol. The van der Waals surface area contributed by atoms with Crippen LogP contribution < -0.4 is 22.8 Å². The highest BCUT2D eigenvalue weighted by atomic mass is 14.9. The Labute approximate surface area is 565 Å². The summed E-state index contributed by atoms with van der Waals surface area (Å²) in [4.78, 5) is 0. The highest BCUT2D eigenvalue weighted by Crippen LogP contribution is 2.38. The van der Waals surface area contributed by atoms with E-state index >= 15 is 0 Å². The lowest BCUT2D eigenvalue weighted by atomic mass is 9.92. The molecule has 0 unspecified atom stereocenters. The largest absolute Gasteiger partial charge is 0.212 e. The molecule has 5 heteroatoms. The van der Waals surface area contributed by atoms with Gasteiger partial charge in [-0.15, -0.1) is 0 Å². The van der Waals surface area contributed by atoms with Crippen molar-refractivity contribution in [2.45, 2.75) is 177 Å². The van der Waals surface area contributed by atoms with Crippen LogP contribution in [-0.2, 0) is 48.0 Å². The maximum absolute atomic E-state index is 7.98. The molecule has 0 radical (unpaired) electrons. The quantitative estimate of drug-likeness (QED) is 0.122. The third-order valence-corrected chi connectivity index (χ3v) is 19.7. The van der Waals surface area contributed by atoms with Crippen LogP contribution in [0.2, 0.25) is 0 Å². The number of hydrogen-bond donors (Lipinski definition) is 0. The summed E-state index contributed by atoms with van der Waals surface area (Å²) in [6.07, 6.45) is 23.8. The molecule has 0 N–H and O–H groups in total. The highest BCUT2D eigenvalue weighted by Gasteiger charge is 2.26. The molecule has 0 atom stereocenters. The van der Waals surface area contributed by atoms with Gasteiger partial charge in [0.25, 0.3) is 0 Å². The van der Waals surface area contributed by atoms with Crippen LogP contribution in [0.5, 0.6) is 0 Å². The maximum atomic E-state index is 7.98. The fourth-order valence-corrected chi connectivity index (χ4v) is 14.2. The summed E-state index contributed by atoms with van der Waals surface area (Å²) < 4.78 is 65.3. The minimum Gasteiger partial charge on any atom is -0.201 e. The van der Waals surface area contributed by atoms with Crippen molar-refractivity contribution < 1.29 is 32.4 Å². The lowest BCUT2D eigenvalue weighted by molar-refractivity contribution is -0.661. The molecule has 0 bridgehead atoms. The van der Waals surface area contributed by atoms with Gasteiger partial charge in [-0.25, -0.2) is 22.8 Å². The normalized spacial score (nSPS) is 15.5. The van der Waals surface area contributed by atoms with Gasteiger partial charge in [0.05, 0.1) is 0 Å². The first-order chi connectivity index (χ1) is 47.0. The summed E-state index contributed by atoms with van der Waals surface area (Å²) in [6, 6.07) is 57.5. The van der Waals surface area contributed by atoms with Crippen molar-refractivity contribution in [3.8, 4) is 56.3 Å². The van der Waals surface area contributed by atoms with E-state index in [4.69, 9.17) is 9.60 Å². The van der Waals surface area contributed by atoms with E-state index in [0.29, 0.717) is 0 Å². The molecule has 3 aliphatic carbocycles. The molecule has 10 aromatic rings. The fourth-order valence-electron chi connectivity index (χ4n) is 14.2. The Morgan fingerprint density at radius 1 is 0.326 bits per heavy atom. The first-order valence-electron chi connectivity index (χ1n) is 37.3. The lowest BCUT2D eigenvalue weighted by Gasteiger charge is -2.14. The molecule has 5 aromatic heterocycles. The van der Waals surface area contributed by atoms with Crippen LogP contribution in [-0.4, -0.2) is 0 Å². The average molecular weight is 1230 g/mol. The van der Waals surface area contributed by atoms with Gasteiger partial charge in [-0.2, -0.15) is 0 Å². The van der Waals surface area contributed by atoms with Crippen LogP contribution in [0.3, 0.4) is 0 Å². The maximum Gasteiger partial charge on any atom is 0.212 e. The van der Waals surface area contributed by atoms with Gasteiger partial charge in [0.15, 0.2) is 31.0 Å². The van der Waals surface area contributed by atoms with E-state index < -0.39 is 19.6 Å². The van der Waals surface area contributed by atoms with Gasteiger partial charge in [0.1, 0.15) is 35.2 Å². The smallest absolute Gasteiger partial charge is 0.201 e. The summed E-state index contributed by atoms with van der Waals surface area (Å²) in [5.74, 6) is 2.35. The van der Waals surface area contributed by atoms with E-state index in [9.17, 15) is 0 Å². The Hall–Kier alpha value is -8.15. The molecule has 0 aliphatic heterocycles. The van der Waals surface area contributed by atoms with Crippen molar-refractivity contribution in [2.75, 3.05) is 0 Å². The number of hydrogen-bond acceptors (Lipinski definition) is 0. The Morgan fingerprint density at radius 3 is 1.13 bits per heavy atom. The fraction of sp³-hybridized carbons (Fsp3) is 0.368. The number of benzene rings is 5. The van der Waals surface area contributed by atoms with Crippen molar-refractivity contribution in [3.05, 3.63) is 267 Å². The van der Waals surface area contributed by atoms with Crippen LogP contribution in [0.4, 0.5) is 0 Å². The van der Waals surface area contributed by atoms with E-state index in [1.54, 1.807) is 30.2 Å². The second-order valence-corrected chi connectivity index (χ2v) is 26.3. The van der Waals surface area contributed by atoms with E-state index in [2.05, 4.69) is 209 Å². The van der Waals surface area contributed by atoms with Gasteiger partial charge in [-0.1, -0.05) is 143 Å². The van der Waals surface area contributed by atoms with Gasteiger partial charge < -0.3 is 0 Å². The summed E-state index contributed by atoms with van der Waals surface area (Å²) in [5, 5.41) is 0. The monoisotopic (exact) mass is 1230 g/mol. The zero-order valence-corrected chi connectivity index (χ0v) is 57.9. The average Bonchev–Trinajstić information content (AvgIpc) is 1.63. The molecule has 92 heavy (non-hydrogen) atoms. The topological polar surface area (TPSA) is 19.4 Å². The number of rotatable bonds is 10. The minimum atomic E-state index is -2.35. The number of aromatic nitrogens is 5. The molecule has 13 rings (SSSR count). The number of nitrogens with zero attached hydrogens (tertiary/aromatic N) is 5. The Kier molecular flexibility index (Phi) is 20.8. The SMILES string of the molecule is Cc1ccccc1-c1cc(C2CCCC2)c(C)c[n+]1C.Cc1ccccc1-c1cc(C2CCCC2)cc[n+]1C.Cc1ccccc1-c1ccc(C2CCCC2)c[n+]1C.[2H]C([2H])(C)c1c[n+](C)c(-c2ccccc2C)cc1C.[2H]C([2H])([2H])c1c[n+](C)c(-c2ccccc2C)cc1C([2H])([2H])C. The van der Waals surface area contributed by atoms with E-state index in [-0.39, 0.29) is 11.1 Å². The van der Waals surface area contributed by atoms with Crippen LogP contribution >= 0.6 is 0 Å². The molecule has 3 fully saturated rings. The molecule has 5 nitrogen and oxygen atoms in total. The molecule has 0 spiro atoms. The molecule has 0 saturated heterocycles. The summed E-state index contributed by atoms with van der Waals surface area (Å²) in [7, 11) is 10.2. The molecule has 0 amide bonds. The molecule has 3 saturated carbocycles. The van der Waals surface area contributed by atoms with Gasteiger partial charge in [-0.3, -0.25) is 0 Å². The molecular formula is C87H108N5+5. The summed E-state index contributed by atoms with van der Waals surface area (Å²) in [5.41, 5.74) is 26.5. The molecule has 5 heterocycles. The standard InChI is InChI=1S/C19H24N.2C18H22N.2C16H20N/c1-14-8-4-7-11-17(14)19-12-18(15(2)13-20(19)3)16-9-5-6-10-16;1-14-7-3-6-10-17(14)18-13-16(11-12-19(18)2)15-8-4-5-9-15;1-14-7-3-6-10-17(14)18-12-11-16(13-19(18)2)15-8-4-5-9-15;1-5-14-10-16(17(4)11-13(14)3)15-9-7-6-8-12(15)2;1-5-14-11-17(4)16(10-13(14)3)15-9-7-6-8-12(15)2/h4,7-8,11-13,16H,5-6,9-10H2,1-3H3;2*3,6-7,10-13,15H,4-5,8-9H2,1-2H3;2*6-11H,5H2,1-4H3/q5*+1/i;;;3D3,5D2;5D2. The van der Waals surface area contributed by atoms with Gasteiger partial charge in [0, 0.05) is 96.1 Å². The third kappa shape index (κ3) is 16.9. The predicted octanol–water partition coefficient (Wildman–Crippen LogP) is 19.5. The Balaban J connectivity index is 0.000000145. The molecule has 5 aromatic carbocycles. The first-order valence-corrected chi connectivity index (χ1v) is 33.8. The van der Waals surface area contributed by atoms with E-state index in [0.717, 1.165) is 51.4 Å². The van der Waals surface area contributed by atoms with E-state index in [1.807, 2.05) is 68.1 Å². The molecule has 476 valence electrons. The van der Waals surface area contributed by atoms with E-state index in [1.165, 1.54) is 168 Å². The van der Waals surface area contributed by atoms with Crippen molar-refractivity contribution >= 4 is 0 Å². The Morgan fingerprint density at radius 2 is 0.696 bits per heavy atom. The van der Waals surface area contributed by atoms with Crippen LogP contribution in [0.1, 0.15) is 191 Å². The van der Waals surface area contributed by atoms with Crippen LogP contribution in [0, 0.1) is 55.3 Å². The van der Waals surface area contributed by atoms with Gasteiger partial charge in [0.2, 0.25) is 28.5 Å². The highest BCUT2D eigenvalue weighted by molar-refractivity contribution is 5.65. The number of pyridine rings is 5. The van der Waals surface area contributed by atoms with Gasteiger partial charge >= 0.3 is 0 Å².